The van der Waals surface area contributed by atoms with Crippen LogP contribution >= 0.6 is 0 Å². The largest absolute Gasteiger partial charge is 1.00 e. The van der Waals surface area contributed by atoms with Crippen molar-refractivity contribution >= 4 is 6.21 Å². The Morgan fingerprint density at radius 2 is 1.92 bits per heavy atom. The normalized spacial score (nSPS) is 9.08. The molecule has 2 heteroatoms. The fraction of sp³-hybridized carbons (Fsp3) is 0.273. The van der Waals surface area contributed by atoms with E-state index in [1.165, 1.54) is 5.56 Å². The van der Waals surface area contributed by atoms with Crippen molar-refractivity contribution < 1.29 is 51.4 Å². The van der Waals surface area contributed by atoms with Crippen molar-refractivity contribution in [2.45, 2.75) is 13.3 Å². The predicted octanol–water partition coefficient (Wildman–Crippen LogP) is -0.371. The zero-order valence-electron chi connectivity index (χ0n) is 8.96. The zero-order valence-corrected chi connectivity index (χ0v) is 12.1. The molecule has 1 nitrogen and oxygen atoms in total. The van der Waals surface area contributed by atoms with E-state index in [1.807, 2.05) is 18.2 Å². The number of aliphatic imine (C=N–C) groups is 1. The van der Waals surface area contributed by atoms with Gasteiger partial charge in [-0.15, -0.1) is 17.7 Å². The zero-order chi connectivity index (χ0) is 8.10. The van der Waals surface area contributed by atoms with Crippen molar-refractivity contribution in [1.29, 1.82) is 0 Å². The number of hydrogen-bond acceptors (Lipinski definition) is 1. The number of benzene rings is 1. The topological polar surface area (TPSA) is 12.4 Å². The Hall–Kier alpha value is 0.526. The maximum atomic E-state index is 3.86. The fourth-order valence-electron chi connectivity index (χ4n) is 1.06. The number of hydrogen-bond donors (Lipinski definition) is 0. The van der Waals surface area contributed by atoms with E-state index >= 15 is 0 Å². The summed E-state index contributed by atoms with van der Waals surface area (Å²) < 4.78 is 0. The van der Waals surface area contributed by atoms with Gasteiger partial charge in [-0.1, -0.05) is 25.6 Å². The first-order valence-electron chi connectivity index (χ1n) is 3.81. The van der Waals surface area contributed by atoms with Crippen LogP contribution in [0.25, 0.3) is 0 Å². The van der Waals surface area contributed by atoms with Gasteiger partial charge in [0.1, 0.15) is 0 Å². The third-order valence-electron chi connectivity index (χ3n) is 1.63. The quantitative estimate of drug-likeness (QED) is 0.351. The van der Waals surface area contributed by atoms with Gasteiger partial charge in [0.05, 0.1) is 0 Å². The molecule has 0 radical (unpaired) electrons. The Morgan fingerprint density at radius 1 is 1.31 bits per heavy atom. The molecule has 0 heterocycles. The molecule has 0 unspecified atom stereocenters. The van der Waals surface area contributed by atoms with Crippen LogP contribution in [0.3, 0.4) is 0 Å². The third kappa shape index (κ3) is 5.08. The van der Waals surface area contributed by atoms with Gasteiger partial charge in [-0.3, -0.25) is 0 Å². The molecule has 0 aliphatic rings. The Balaban J connectivity index is 0. The van der Waals surface area contributed by atoms with Gasteiger partial charge in [0.25, 0.3) is 0 Å². The molecule has 1 rings (SSSR count). The van der Waals surface area contributed by atoms with Gasteiger partial charge in [-0.2, -0.15) is 11.6 Å². The maximum Gasteiger partial charge on any atom is 1.00 e. The van der Waals surface area contributed by atoms with E-state index in [-0.39, 0.29) is 58.8 Å². The Kier molecular flexibility index (Phi) is 11.2. The molecular formula is C11H15KN-. The summed E-state index contributed by atoms with van der Waals surface area (Å²) in [4.78, 5) is 3.86. The Bertz CT molecular complexity index is 256. The van der Waals surface area contributed by atoms with Crippen molar-refractivity contribution in [3.8, 4) is 0 Å². The first kappa shape index (κ1) is 16.0. The van der Waals surface area contributed by atoms with E-state index in [2.05, 4.69) is 24.2 Å². The third-order valence-corrected chi connectivity index (χ3v) is 1.63. The molecular weight excluding hydrogens is 185 g/mol. The van der Waals surface area contributed by atoms with Crippen molar-refractivity contribution in [2.75, 3.05) is 7.05 Å². The van der Waals surface area contributed by atoms with Crippen molar-refractivity contribution in [1.82, 2.24) is 0 Å². The summed E-state index contributed by atoms with van der Waals surface area (Å²) >= 11 is 0. The smallest absolute Gasteiger partial charge is 0.363 e. The van der Waals surface area contributed by atoms with Crippen molar-refractivity contribution in [3.63, 3.8) is 0 Å². The minimum Gasteiger partial charge on any atom is -0.363 e. The first-order valence-corrected chi connectivity index (χ1v) is 3.81. The molecule has 0 aromatic heterocycles. The minimum absolute atomic E-state index is 0. The van der Waals surface area contributed by atoms with Gasteiger partial charge in [-0.05, 0) is 0 Å². The molecule has 0 saturated heterocycles. The van der Waals surface area contributed by atoms with Gasteiger partial charge in [0.2, 0.25) is 0 Å². The van der Waals surface area contributed by atoms with Crippen molar-refractivity contribution in [2.24, 2.45) is 4.99 Å². The first-order chi connectivity index (χ1) is 5.38. The molecule has 0 bridgehead atoms. The molecule has 0 amide bonds. The Morgan fingerprint density at radius 3 is 2.46 bits per heavy atom. The van der Waals surface area contributed by atoms with Crippen LogP contribution in [0.1, 0.15) is 18.1 Å². The molecule has 0 fully saturated rings. The van der Waals surface area contributed by atoms with Crippen LogP contribution in [-0.4, -0.2) is 13.3 Å². The van der Waals surface area contributed by atoms with Gasteiger partial charge in [-0.25, -0.2) is 0 Å². The average molecular weight is 200 g/mol. The van der Waals surface area contributed by atoms with Crippen LogP contribution < -0.4 is 51.4 Å². The molecule has 66 valence electrons. The van der Waals surface area contributed by atoms with E-state index in [0.29, 0.717) is 0 Å². The average Bonchev–Trinajstić information content (AvgIpc) is 2.06. The summed E-state index contributed by atoms with van der Waals surface area (Å²) in [6.45, 7) is 2.14. The number of aryl methyl sites for hydroxylation is 1. The molecule has 13 heavy (non-hydrogen) atoms. The van der Waals surface area contributed by atoms with Crippen LogP contribution in [0.2, 0.25) is 0 Å². The Labute approximate surface area is 124 Å². The standard InChI is InChI=1S/C10H12N.CH3.K/c1-3-9-6-4-5-7-10(9)8-11-2;;/h4-7H,3H2,1-2H3;1H3;/q2*-1;+1. The van der Waals surface area contributed by atoms with E-state index in [0.717, 1.165) is 12.0 Å². The van der Waals surface area contributed by atoms with Gasteiger partial charge in [0.15, 0.2) is 0 Å². The van der Waals surface area contributed by atoms with E-state index in [9.17, 15) is 0 Å². The van der Waals surface area contributed by atoms with Crippen LogP contribution in [-0.2, 0) is 6.42 Å². The second-order valence-electron chi connectivity index (χ2n) is 2.35. The van der Waals surface area contributed by atoms with Crippen LogP contribution in [0.4, 0.5) is 0 Å². The maximum absolute atomic E-state index is 3.86. The molecule has 0 N–H and O–H groups in total. The summed E-state index contributed by atoms with van der Waals surface area (Å²) in [7, 11) is 1.74. The summed E-state index contributed by atoms with van der Waals surface area (Å²) in [5, 5.41) is 0. The molecule has 0 aliphatic carbocycles. The molecule has 0 atom stereocenters. The second-order valence-corrected chi connectivity index (χ2v) is 2.35. The summed E-state index contributed by atoms with van der Waals surface area (Å²) in [5.74, 6) is 0. The number of nitrogens with zero attached hydrogens (tertiary/aromatic N) is 1. The SMILES string of the molecule is CCc1ccccc1[C-]=NC.[CH3-].[K+]. The molecule has 0 spiro atoms. The number of rotatable bonds is 2. The van der Waals surface area contributed by atoms with Gasteiger partial charge in [0, 0.05) is 7.05 Å². The van der Waals surface area contributed by atoms with Crippen LogP contribution in [0.15, 0.2) is 29.3 Å². The molecule has 0 saturated carbocycles. The monoisotopic (exact) mass is 200 g/mol. The summed E-state index contributed by atoms with van der Waals surface area (Å²) in [5.41, 5.74) is 2.41. The summed E-state index contributed by atoms with van der Waals surface area (Å²) in [6, 6.07) is 8.19. The molecule has 1 aromatic carbocycles. The van der Waals surface area contributed by atoms with Crippen molar-refractivity contribution in [3.05, 3.63) is 42.8 Å². The van der Waals surface area contributed by atoms with E-state index in [1.54, 1.807) is 7.05 Å². The minimum atomic E-state index is 0. The van der Waals surface area contributed by atoms with Crippen LogP contribution in [0.5, 0.6) is 0 Å². The predicted molar refractivity (Wildman–Crippen MR) is 54.7 cm³/mol. The van der Waals surface area contributed by atoms with Gasteiger partial charge >= 0.3 is 51.4 Å². The van der Waals surface area contributed by atoms with E-state index < -0.39 is 0 Å². The molecule has 1 aromatic rings. The molecule has 0 aliphatic heterocycles. The summed E-state index contributed by atoms with van der Waals surface area (Å²) in [6.07, 6.45) is 3.99. The second kappa shape index (κ2) is 9.10. The fourth-order valence-corrected chi connectivity index (χ4v) is 1.06. The van der Waals surface area contributed by atoms with Gasteiger partial charge < -0.3 is 12.4 Å². The van der Waals surface area contributed by atoms with Crippen LogP contribution in [0, 0.1) is 7.43 Å². The van der Waals surface area contributed by atoms with E-state index in [4.69, 9.17) is 0 Å².